The smallest absolute Gasteiger partial charge is 0.198 e. The Morgan fingerprint density at radius 1 is 1.47 bits per heavy atom. The standard InChI is InChI=1S/C10H14ClN3O2S/c1-16-8-9(11)12-6-13-10(8)14-7-2-4-17(15)5-3-7/h6-7H,2-5H2,1H3,(H,12,13,14). The highest BCUT2D eigenvalue weighted by atomic mass is 35.5. The van der Waals surface area contributed by atoms with Crippen LogP contribution in [0.25, 0.3) is 0 Å². The Labute approximate surface area is 107 Å². The van der Waals surface area contributed by atoms with Gasteiger partial charge in [0.25, 0.3) is 0 Å². The van der Waals surface area contributed by atoms with E-state index in [0.717, 1.165) is 24.3 Å². The Balaban J connectivity index is 2.08. The SMILES string of the molecule is COc1c(Cl)ncnc1NC1CCS(=O)CC1. The van der Waals surface area contributed by atoms with Gasteiger partial charge in [-0.15, -0.1) is 0 Å². The molecule has 0 aliphatic carbocycles. The minimum absolute atomic E-state index is 0.271. The van der Waals surface area contributed by atoms with Gasteiger partial charge < -0.3 is 10.1 Å². The zero-order valence-corrected chi connectivity index (χ0v) is 11.1. The molecular weight excluding hydrogens is 262 g/mol. The van der Waals surface area contributed by atoms with Crippen molar-refractivity contribution in [2.75, 3.05) is 23.9 Å². The Kier molecular flexibility index (Phi) is 4.17. The third kappa shape index (κ3) is 3.07. The van der Waals surface area contributed by atoms with Gasteiger partial charge in [0.2, 0.25) is 0 Å². The van der Waals surface area contributed by atoms with Gasteiger partial charge in [-0.1, -0.05) is 11.6 Å². The van der Waals surface area contributed by atoms with Crippen LogP contribution < -0.4 is 10.1 Å². The number of rotatable bonds is 3. The van der Waals surface area contributed by atoms with Gasteiger partial charge in [0.15, 0.2) is 16.7 Å². The van der Waals surface area contributed by atoms with E-state index in [2.05, 4.69) is 15.3 Å². The topological polar surface area (TPSA) is 64.1 Å². The number of anilines is 1. The number of halogens is 1. The molecular formula is C10H14ClN3O2S. The zero-order valence-electron chi connectivity index (χ0n) is 9.48. The maximum Gasteiger partial charge on any atom is 0.198 e. The van der Waals surface area contributed by atoms with Crippen molar-refractivity contribution in [3.8, 4) is 5.75 Å². The Morgan fingerprint density at radius 3 is 2.82 bits per heavy atom. The lowest BCUT2D eigenvalue weighted by Gasteiger charge is -2.23. The van der Waals surface area contributed by atoms with Gasteiger partial charge in [0.1, 0.15) is 6.33 Å². The van der Waals surface area contributed by atoms with Gasteiger partial charge in [-0.25, -0.2) is 9.97 Å². The fourth-order valence-corrected chi connectivity index (χ4v) is 3.28. The third-order valence-corrected chi connectivity index (χ3v) is 4.34. The molecule has 94 valence electrons. The molecule has 0 atom stereocenters. The third-order valence-electron chi connectivity index (χ3n) is 2.69. The first kappa shape index (κ1) is 12.6. The number of nitrogens with one attached hydrogen (secondary N) is 1. The summed E-state index contributed by atoms with van der Waals surface area (Å²) in [6.07, 6.45) is 3.14. The predicted molar refractivity (Wildman–Crippen MR) is 68.1 cm³/mol. The average molecular weight is 276 g/mol. The lowest BCUT2D eigenvalue weighted by Crippen LogP contribution is -2.29. The van der Waals surface area contributed by atoms with E-state index in [1.165, 1.54) is 13.4 Å². The summed E-state index contributed by atoms with van der Waals surface area (Å²) < 4.78 is 16.4. The maximum atomic E-state index is 11.3. The summed E-state index contributed by atoms with van der Waals surface area (Å²) in [5.41, 5.74) is 0. The Bertz CT molecular complexity index is 420. The van der Waals surface area contributed by atoms with E-state index < -0.39 is 10.8 Å². The number of methoxy groups -OCH3 is 1. The quantitative estimate of drug-likeness (QED) is 0.846. The van der Waals surface area contributed by atoms with Crippen LogP contribution in [0.5, 0.6) is 5.75 Å². The molecule has 5 nitrogen and oxygen atoms in total. The van der Waals surface area contributed by atoms with E-state index in [0.29, 0.717) is 16.7 Å². The Hall–Kier alpha value is -0.880. The number of hydrogen-bond acceptors (Lipinski definition) is 5. The zero-order chi connectivity index (χ0) is 12.3. The fourth-order valence-electron chi connectivity index (χ4n) is 1.77. The van der Waals surface area contributed by atoms with Crippen molar-refractivity contribution in [1.29, 1.82) is 0 Å². The van der Waals surface area contributed by atoms with Crippen molar-refractivity contribution < 1.29 is 8.95 Å². The Morgan fingerprint density at radius 2 is 2.18 bits per heavy atom. The van der Waals surface area contributed by atoms with Gasteiger partial charge in [-0.3, -0.25) is 4.21 Å². The first-order valence-corrected chi connectivity index (χ1v) is 7.23. The average Bonchev–Trinajstić information content (AvgIpc) is 2.32. The van der Waals surface area contributed by atoms with E-state index in [1.54, 1.807) is 0 Å². The second-order valence-corrected chi connectivity index (χ2v) is 5.87. The summed E-state index contributed by atoms with van der Waals surface area (Å²) in [5, 5.41) is 3.56. The van der Waals surface area contributed by atoms with Crippen LogP contribution in [0.2, 0.25) is 5.15 Å². The summed E-state index contributed by atoms with van der Waals surface area (Å²) in [6.45, 7) is 0. The number of aromatic nitrogens is 2. The molecule has 1 aliphatic heterocycles. The minimum atomic E-state index is -0.660. The first-order chi connectivity index (χ1) is 8.20. The van der Waals surface area contributed by atoms with Gasteiger partial charge in [-0.05, 0) is 12.8 Å². The summed E-state index contributed by atoms with van der Waals surface area (Å²) in [6, 6.07) is 0.271. The molecule has 0 bridgehead atoms. The van der Waals surface area contributed by atoms with Crippen molar-refractivity contribution >= 4 is 28.2 Å². The molecule has 0 unspecified atom stereocenters. The molecule has 0 saturated carbocycles. The molecule has 7 heteroatoms. The number of hydrogen-bond donors (Lipinski definition) is 1. The summed E-state index contributed by atoms with van der Waals surface area (Å²) in [5.74, 6) is 2.53. The lowest BCUT2D eigenvalue weighted by molar-refractivity contribution is 0.412. The minimum Gasteiger partial charge on any atom is -0.490 e. The van der Waals surface area contributed by atoms with Gasteiger partial charge in [0, 0.05) is 28.3 Å². The summed E-state index contributed by atoms with van der Waals surface area (Å²) in [4.78, 5) is 7.97. The molecule has 1 fully saturated rings. The molecule has 2 heterocycles. The van der Waals surface area contributed by atoms with Crippen LogP contribution in [0.4, 0.5) is 5.82 Å². The van der Waals surface area contributed by atoms with Crippen LogP contribution in [0.1, 0.15) is 12.8 Å². The predicted octanol–water partition coefficient (Wildman–Crippen LogP) is 1.46. The molecule has 0 spiro atoms. The van der Waals surface area contributed by atoms with Crippen molar-refractivity contribution in [3.63, 3.8) is 0 Å². The van der Waals surface area contributed by atoms with Crippen molar-refractivity contribution in [3.05, 3.63) is 11.5 Å². The highest BCUT2D eigenvalue weighted by Gasteiger charge is 2.20. The van der Waals surface area contributed by atoms with E-state index in [4.69, 9.17) is 16.3 Å². The van der Waals surface area contributed by atoms with Crippen LogP contribution in [0, 0.1) is 0 Å². The van der Waals surface area contributed by atoms with Gasteiger partial charge >= 0.3 is 0 Å². The largest absolute Gasteiger partial charge is 0.490 e. The molecule has 1 aromatic rings. The van der Waals surface area contributed by atoms with Gasteiger partial charge in [-0.2, -0.15) is 0 Å². The number of ether oxygens (including phenoxy) is 1. The monoisotopic (exact) mass is 275 g/mol. The summed E-state index contributed by atoms with van der Waals surface area (Å²) in [7, 11) is 0.873. The summed E-state index contributed by atoms with van der Waals surface area (Å²) >= 11 is 5.91. The van der Waals surface area contributed by atoms with Crippen molar-refractivity contribution in [2.24, 2.45) is 0 Å². The first-order valence-electron chi connectivity index (χ1n) is 5.36. The normalized spacial score (nSPS) is 24.4. The molecule has 0 aromatic carbocycles. The maximum absolute atomic E-state index is 11.3. The van der Waals surface area contributed by atoms with Crippen molar-refractivity contribution in [1.82, 2.24) is 9.97 Å². The molecule has 2 rings (SSSR count). The fraction of sp³-hybridized carbons (Fsp3) is 0.600. The lowest BCUT2D eigenvalue weighted by atomic mass is 10.1. The molecule has 1 aliphatic rings. The molecule has 0 amide bonds. The molecule has 17 heavy (non-hydrogen) atoms. The van der Waals surface area contributed by atoms with E-state index in [9.17, 15) is 4.21 Å². The molecule has 1 saturated heterocycles. The molecule has 1 aromatic heterocycles. The molecule has 1 N–H and O–H groups in total. The van der Waals surface area contributed by atoms with E-state index in [1.807, 2.05) is 0 Å². The second kappa shape index (κ2) is 5.64. The highest BCUT2D eigenvalue weighted by Crippen LogP contribution is 2.29. The van der Waals surface area contributed by atoms with E-state index >= 15 is 0 Å². The van der Waals surface area contributed by atoms with Crippen LogP contribution in [-0.2, 0) is 10.8 Å². The van der Waals surface area contributed by atoms with Gasteiger partial charge in [0.05, 0.1) is 7.11 Å². The van der Waals surface area contributed by atoms with Crippen LogP contribution in [0.3, 0.4) is 0 Å². The van der Waals surface area contributed by atoms with Crippen LogP contribution >= 0.6 is 11.6 Å². The number of nitrogens with zero attached hydrogens (tertiary/aromatic N) is 2. The highest BCUT2D eigenvalue weighted by molar-refractivity contribution is 7.85. The second-order valence-electron chi connectivity index (χ2n) is 3.81. The van der Waals surface area contributed by atoms with Crippen molar-refractivity contribution in [2.45, 2.75) is 18.9 Å². The van der Waals surface area contributed by atoms with E-state index in [-0.39, 0.29) is 6.04 Å². The molecule has 0 radical (unpaired) electrons. The van der Waals surface area contributed by atoms with Crippen LogP contribution in [0.15, 0.2) is 6.33 Å². The van der Waals surface area contributed by atoms with Crippen LogP contribution in [-0.4, -0.2) is 38.8 Å².